The third-order valence-electron chi connectivity index (χ3n) is 3.17. The van der Waals surface area contributed by atoms with Crippen LogP contribution >= 0.6 is 0 Å². The summed E-state index contributed by atoms with van der Waals surface area (Å²) in [5.41, 5.74) is 1.23. The average molecular weight is 272 g/mol. The van der Waals surface area contributed by atoms with Crippen LogP contribution in [0.5, 0.6) is 0 Å². The van der Waals surface area contributed by atoms with Crippen LogP contribution in [0.15, 0.2) is 30.6 Å². The average Bonchev–Trinajstić information content (AvgIpc) is 2.92. The largest absolute Gasteiger partial charge is 0.310 e. The second-order valence-electron chi connectivity index (χ2n) is 4.62. The van der Waals surface area contributed by atoms with Gasteiger partial charge in [-0.05, 0) is 37.6 Å². The summed E-state index contributed by atoms with van der Waals surface area (Å²) < 4.78 is 15.7. The standard InChI is InChI=1S/C15H17FN4/c1-3-6-18-11(2)12-4-5-14(13(16)9-12)20-8-7-19-15(20)10-17/h4-5,7-9,11,18H,3,6H2,1-2H3. The number of hydrogen-bond donors (Lipinski definition) is 1. The van der Waals surface area contributed by atoms with Crippen LogP contribution < -0.4 is 5.32 Å². The molecule has 0 spiro atoms. The van der Waals surface area contributed by atoms with E-state index in [2.05, 4.69) is 17.2 Å². The Kier molecular flexibility index (Phi) is 4.49. The Balaban J connectivity index is 2.29. The van der Waals surface area contributed by atoms with Crippen molar-refractivity contribution < 1.29 is 4.39 Å². The van der Waals surface area contributed by atoms with E-state index in [0.717, 1.165) is 18.5 Å². The number of nitriles is 1. The summed E-state index contributed by atoms with van der Waals surface area (Å²) in [6, 6.07) is 7.08. The van der Waals surface area contributed by atoms with Crippen LogP contribution in [-0.2, 0) is 0 Å². The first kappa shape index (κ1) is 14.2. The number of imidazole rings is 1. The molecule has 0 saturated heterocycles. The first-order valence-electron chi connectivity index (χ1n) is 6.64. The van der Waals surface area contributed by atoms with Crippen LogP contribution in [0.25, 0.3) is 5.69 Å². The predicted octanol–water partition coefficient (Wildman–Crippen LogP) is 2.94. The number of halogens is 1. The van der Waals surface area contributed by atoms with E-state index in [1.54, 1.807) is 12.3 Å². The molecule has 1 aromatic carbocycles. The molecule has 4 nitrogen and oxygen atoms in total. The lowest BCUT2D eigenvalue weighted by atomic mass is 10.1. The SMILES string of the molecule is CCCNC(C)c1ccc(-n2ccnc2C#N)c(F)c1. The fourth-order valence-electron chi connectivity index (χ4n) is 2.05. The summed E-state index contributed by atoms with van der Waals surface area (Å²) in [4.78, 5) is 3.87. The van der Waals surface area contributed by atoms with Crippen LogP contribution in [0, 0.1) is 17.1 Å². The van der Waals surface area contributed by atoms with Gasteiger partial charge >= 0.3 is 0 Å². The molecule has 0 fully saturated rings. The maximum atomic E-state index is 14.2. The maximum absolute atomic E-state index is 14.2. The highest BCUT2D eigenvalue weighted by atomic mass is 19.1. The number of aromatic nitrogens is 2. The fourth-order valence-corrected chi connectivity index (χ4v) is 2.05. The molecule has 1 N–H and O–H groups in total. The third-order valence-corrected chi connectivity index (χ3v) is 3.17. The minimum absolute atomic E-state index is 0.0942. The second kappa shape index (κ2) is 6.31. The molecule has 1 heterocycles. The summed E-state index contributed by atoms with van der Waals surface area (Å²) in [6.45, 7) is 4.98. The Labute approximate surface area is 117 Å². The van der Waals surface area contributed by atoms with Crippen molar-refractivity contribution in [3.8, 4) is 11.8 Å². The van der Waals surface area contributed by atoms with Crippen molar-refractivity contribution >= 4 is 0 Å². The Bertz CT molecular complexity index is 627. The zero-order valence-corrected chi connectivity index (χ0v) is 11.6. The number of nitrogens with one attached hydrogen (secondary N) is 1. The molecule has 5 heteroatoms. The van der Waals surface area contributed by atoms with Crippen molar-refractivity contribution in [2.75, 3.05) is 6.54 Å². The monoisotopic (exact) mass is 272 g/mol. The van der Waals surface area contributed by atoms with Gasteiger partial charge in [0, 0.05) is 18.4 Å². The molecular weight excluding hydrogens is 255 g/mol. The summed E-state index contributed by atoms with van der Waals surface area (Å²) in [7, 11) is 0. The van der Waals surface area contributed by atoms with E-state index >= 15 is 0 Å². The number of nitrogens with zero attached hydrogens (tertiary/aromatic N) is 3. The van der Waals surface area contributed by atoms with Crippen LogP contribution in [-0.4, -0.2) is 16.1 Å². The van der Waals surface area contributed by atoms with Gasteiger partial charge in [0.15, 0.2) is 0 Å². The molecular formula is C15H17FN4. The van der Waals surface area contributed by atoms with Crippen molar-refractivity contribution in [1.82, 2.24) is 14.9 Å². The summed E-state index contributed by atoms with van der Waals surface area (Å²) in [5, 5.41) is 12.2. The van der Waals surface area contributed by atoms with Crippen molar-refractivity contribution in [2.24, 2.45) is 0 Å². The topological polar surface area (TPSA) is 53.6 Å². The molecule has 0 aliphatic carbocycles. The molecule has 0 amide bonds. The van der Waals surface area contributed by atoms with Crippen molar-refractivity contribution in [2.45, 2.75) is 26.3 Å². The highest BCUT2D eigenvalue weighted by Crippen LogP contribution is 2.20. The van der Waals surface area contributed by atoms with Crippen LogP contribution in [0.3, 0.4) is 0 Å². The summed E-state index contributed by atoms with van der Waals surface area (Å²) in [5.74, 6) is -0.184. The summed E-state index contributed by atoms with van der Waals surface area (Å²) >= 11 is 0. The predicted molar refractivity (Wildman–Crippen MR) is 74.9 cm³/mol. The molecule has 0 saturated carbocycles. The van der Waals surface area contributed by atoms with Gasteiger partial charge in [-0.3, -0.25) is 4.57 Å². The Morgan fingerprint density at radius 1 is 1.50 bits per heavy atom. The van der Waals surface area contributed by atoms with Crippen LogP contribution in [0.2, 0.25) is 0 Å². The molecule has 0 bridgehead atoms. The lowest BCUT2D eigenvalue weighted by Crippen LogP contribution is -2.19. The highest BCUT2D eigenvalue weighted by Gasteiger charge is 2.12. The Morgan fingerprint density at radius 3 is 2.95 bits per heavy atom. The van der Waals surface area contributed by atoms with Gasteiger partial charge < -0.3 is 5.32 Å². The molecule has 0 aliphatic rings. The molecule has 2 aromatic rings. The Morgan fingerprint density at radius 2 is 2.30 bits per heavy atom. The van der Waals surface area contributed by atoms with Gasteiger partial charge in [-0.1, -0.05) is 13.0 Å². The first-order valence-corrected chi connectivity index (χ1v) is 6.64. The fraction of sp³-hybridized carbons (Fsp3) is 0.333. The van der Waals surface area contributed by atoms with Gasteiger partial charge in [-0.2, -0.15) is 5.26 Å². The molecule has 20 heavy (non-hydrogen) atoms. The van der Waals surface area contributed by atoms with E-state index in [0.29, 0.717) is 5.69 Å². The normalized spacial score (nSPS) is 12.1. The molecule has 0 aliphatic heterocycles. The van der Waals surface area contributed by atoms with E-state index in [1.165, 1.54) is 16.8 Å². The van der Waals surface area contributed by atoms with Crippen molar-refractivity contribution in [3.63, 3.8) is 0 Å². The zero-order chi connectivity index (χ0) is 14.5. The van der Waals surface area contributed by atoms with Gasteiger partial charge in [-0.15, -0.1) is 0 Å². The lowest BCUT2D eigenvalue weighted by molar-refractivity contribution is 0.560. The van der Waals surface area contributed by atoms with E-state index in [-0.39, 0.29) is 17.7 Å². The molecule has 104 valence electrons. The quantitative estimate of drug-likeness (QED) is 0.910. The van der Waals surface area contributed by atoms with Crippen LogP contribution in [0.1, 0.15) is 37.7 Å². The van der Waals surface area contributed by atoms with E-state index < -0.39 is 0 Å². The summed E-state index contributed by atoms with van der Waals surface area (Å²) in [6.07, 6.45) is 4.10. The van der Waals surface area contributed by atoms with Crippen LogP contribution in [0.4, 0.5) is 4.39 Å². The molecule has 1 unspecified atom stereocenters. The van der Waals surface area contributed by atoms with E-state index in [9.17, 15) is 4.39 Å². The minimum Gasteiger partial charge on any atom is -0.310 e. The highest BCUT2D eigenvalue weighted by molar-refractivity contribution is 5.40. The smallest absolute Gasteiger partial charge is 0.217 e. The Hall–Kier alpha value is -2.19. The number of hydrogen-bond acceptors (Lipinski definition) is 3. The molecule has 1 aromatic heterocycles. The third kappa shape index (κ3) is 2.86. The maximum Gasteiger partial charge on any atom is 0.217 e. The van der Waals surface area contributed by atoms with Gasteiger partial charge in [0.1, 0.15) is 11.9 Å². The lowest BCUT2D eigenvalue weighted by Gasteiger charge is -2.15. The van der Waals surface area contributed by atoms with Gasteiger partial charge in [0.2, 0.25) is 5.82 Å². The van der Waals surface area contributed by atoms with Gasteiger partial charge in [0.25, 0.3) is 0 Å². The minimum atomic E-state index is -0.359. The molecule has 0 radical (unpaired) electrons. The first-order chi connectivity index (χ1) is 9.67. The number of benzene rings is 1. The van der Waals surface area contributed by atoms with Crippen molar-refractivity contribution in [3.05, 3.63) is 47.8 Å². The number of rotatable bonds is 5. The van der Waals surface area contributed by atoms with Crippen molar-refractivity contribution in [1.29, 1.82) is 5.26 Å². The molecule has 2 rings (SSSR count). The van der Waals surface area contributed by atoms with Gasteiger partial charge in [0.05, 0.1) is 5.69 Å². The zero-order valence-electron chi connectivity index (χ0n) is 11.6. The van der Waals surface area contributed by atoms with Gasteiger partial charge in [-0.25, -0.2) is 9.37 Å². The van der Waals surface area contributed by atoms with E-state index in [4.69, 9.17) is 5.26 Å². The van der Waals surface area contributed by atoms with E-state index in [1.807, 2.05) is 19.1 Å². The molecule has 1 atom stereocenters. The second-order valence-corrected chi connectivity index (χ2v) is 4.62.